The topological polar surface area (TPSA) is 130 Å². The Bertz CT molecular complexity index is 1950. The van der Waals surface area contributed by atoms with E-state index in [0.717, 1.165) is 22.5 Å². The number of thioether (sulfide) groups is 1. The second-order valence-corrected chi connectivity index (χ2v) is 12.3. The van der Waals surface area contributed by atoms with Crippen LogP contribution < -0.4 is 9.64 Å². The maximum atomic E-state index is 13.7. The van der Waals surface area contributed by atoms with E-state index in [9.17, 15) is 19.8 Å². The summed E-state index contributed by atoms with van der Waals surface area (Å²) in [6.45, 7) is 3.67. The number of ether oxygens (including phenoxy) is 1. The number of rotatable bonds is 7. The Labute approximate surface area is 259 Å². The summed E-state index contributed by atoms with van der Waals surface area (Å²) in [5.41, 5.74) is 3.43. The molecule has 13 heteroatoms. The fourth-order valence-corrected chi connectivity index (χ4v) is 7.15. The monoisotopic (exact) mass is 633 g/mol. The van der Waals surface area contributed by atoms with Crippen LogP contribution in [0.15, 0.2) is 70.7 Å². The quantitative estimate of drug-likeness (QED) is 0.0719. The van der Waals surface area contributed by atoms with Crippen LogP contribution in [0.1, 0.15) is 34.1 Å². The number of Topliss-reactive ketones (excluding diaryl/α,β-unsaturated/α-hetero) is 1. The van der Waals surface area contributed by atoms with E-state index in [1.54, 1.807) is 19.1 Å². The van der Waals surface area contributed by atoms with E-state index < -0.39 is 23.5 Å². The average Bonchev–Trinajstić information content (AvgIpc) is 3.68. The van der Waals surface area contributed by atoms with E-state index in [1.165, 1.54) is 35.9 Å². The number of ketones is 1. The van der Waals surface area contributed by atoms with Crippen LogP contribution in [0.5, 0.6) is 11.5 Å². The highest BCUT2D eigenvalue weighted by atomic mass is 35.5. The molecule has 2 N–H and O–H groups in total. The van der Waals surface area contributed by atoms with Crippen LogP contribution in [0.4, 0.5) is 5.13 Å². The number of pyridine rings is 1. The maximum absolute atomic E-state index is 13.7. The van der Waals surface area contributed by atoms with Crippen molar-refractivity contribution in [2.75, 3.05) is 12.0 Å². The van der Waals surface area contributed by atoms with Gasteiger partial charge in [0, 0.05) is 17.0 Å². The average molecular weight is 634 g/mol. The van der Waals surface area contributed by atoms with Gasteiger partial charge in [0.25, 0.3) is 5.78 Å². The van der Waals surface area contributed by atoms with E-state index in [4.69, 9.17) is 16.3 Å². The molecule has 1 amide bonds. The first-order valence-corrected chi connectivity index (χ1v) is 15.2. The van der Waals surface area contributed by atoms with Crippen LogP contribution in [0.3, 0.4) is 0 Å². The number of imidazole rings is 1. The maximum Gasteiger partial charge on any atom is 0.301 e. The first-order valence-electron chi connectivity index (χ1n) is 13.0. The Balaban J connectivity index is 1.47. The highest BCUT2D eigenvalue weighted by Gasteiger charge is 2.49. The number of anilines is 1. The Morgan fingerprint density at radius 3 is 2.65 bits per heavy atom. The van der Waals surface area contributed by atoms with Crippen molar-refractivity contribution in [2.24, 2.45) is 0 Å². The highest BCUT2D eigenvalue weighted by molar-refractivity contribution is 8.00. The molecule has 43 heavy (non-hydrogen) atoms. The summed E-state index contributed by atoms with van der Waals surface area (Å²) < 4.78 is 7.68. The number of amides is 1. The zero-order valence-electron chi connectivity index (χ0n) is 23.1. The lowest BCUT2D eigenvalue weighted by Crippen LogP contribution is -2.29. The molecule has 0 aliphatic carbocycles. The molecule has 6 rings (SSSR count). The predicted octanol–water partition coefficient (Wildman–Crippen LogP) is 6.09. The number of phenolic OH excluding ortho intramolecular Hbond substituents is 1. The minimum absolute atomic E-state index is 0.121. The third kappa shape index (κ3) is 5.01. The van der Waals surface area contributed by atoms with Crippen molar-refractivity contribution in [3.63, 3.8) is 0 Å². The van der Waals surface area contributed by atoms with Gasteiger partial charge >= 0.3 is 5.91 Å². The van der Waals surface area contributed by atoms with Crippen LogP contribution in [-0.2, 0) is 15.3 Å². The number of aromatic hydroxyl groups is 1. The fraction of sp³-hybridized carbons (Fsp3) is 0.167. The standard InChI is InChI=1S/C30H24ClN5O5S2/c1-15-7-6-12-35-16(2)23(32-27(15)35)25(38)22-24(17-10-11-20(37)21(13-17)41-3)36(28(40)26(22)39)29-33-34-30(43-29)42-14-18-8-4-5-9-19(18)31/h4-13,24,37-38H,14H2,1-3H3/b25-22+. The molecule has 2 aromatic carbocycles. The van der Waals surface area contributed by atoms with Gasteiger partial charge in [-0.15, -0.1) is 10.2 Å². The molecular formula is C30H24ClN5O5S2. The van der Waals surface area contributed by atoms with Crippen molar-refractivity contribution in [1.29, 1.82) is 0 Å². The van der Waals surface area contributed by atoms with Gasteiger partial charge in [0.1, 0.15) is 11.3 Å². The molecule has 1 saturated heterocycles. The molecule has 1 fully saturated rings. The second-order valence-electron chi connectivity index (χ2n) is 9.76. The van der Waals surface area contributed by atoms with Gasteiger partial charge in [0.15, 0.2) is 21.6 Å². The van der Waals surface area contributed by atoms with Crippen molar-refractivity contribution in [3.8, 4) is 11.5 Å². The smallest absolute Gasteiger partial charge is 0.301 e. The number of phenols is 1. The largest absolute Gasteiger partial charge is 0.505 e. The van der Waals surface area contributed by atoms with Crippen LogP contribution in [-0.4, -0.2) is 48.6 Å². The number of halogens is 1. The minimum atomic E-state index is -1.10. The lowest BCUT2D eigenvalue weighted by Gasteiger charge is -2.23. The normalized spacial score (nSPS) is 16.4. The van der Waals surface area contributed by atoms with Crippen molar-refractivity contribution >= 4 is 62.9 Å². The number of aromatic nitrogens is 4. The number of benzene rings is 2. The number of hydrogen-bond donors (Lipinski definition) is 2. The highest BCUT2D eigenvalue weighted by Crippen LogP contribution is 2.45. The van der Waals surface area contributed by atoms with Gasteiger partial charge in [-0.2, -0.15) is 0 Å². The lowest BCUT2D eigenvalue weighted by molar-refractivity contribution is -0.132. The second kappa shape index (κ2) is 11.4. The van der Waals surface area contributed by atoms with Gasteiger partial charge in [-0.25, -0.2) is 4.98 Å². The number of aliphatic hydroxyl groups excluding tert-OH is 1. The Morgan fingerprint density at radius 1 is 1.12 bits per heavy atom. The zero-order valence-corrected chi connectivity index (χ0v) is 25.5. The molecule has 1 aliphatic heterocycles. The van der Waals surface area contributed by atoms with E-state index in [0.29, 0.717) is 32.0 Å². The summed E-state index contributed by atoms with van der Waals surface area (Å²) in [6, 6.07) is 14.6. The molecule has 0 radical (unpaired) electrons. The van der Waals surface area contributed by atoms with E-state index in [2.05, 4.69) is 15.2 Å². The van der Waals surface area contributed by atoms with Crippen LogP contribution in [0.25, 0.3) is 11.4 Å². The van der Waals surface area contributed by atoms with Crippen molar-refractivity contribution in [1.82, 2.24) is 19.6 Å². The molecule has 5 aromatic rings. The van der Waals surface area contributed by atoms with E-state index >= 15 is 0 Å². The molecule has 0 spiro atoms. The van der Waals surface area contributed by atoms with Crippen LogP contribution in [0.2, 0.25) is 5.02 Å². The molecule has 10 nitrogen and oxygen atoms in total. The van der Waals surface area contributed by atoms with Gasteiger partial charge in [-0.3, -0.25) is 14.5 Å². The molecule has 218 valence electrons. The first-order chi connectivity index (χ1) is 20.7. The number of aliphatic hydroxyl groups is 1. The van der Waals surface area contributed by atoms with Crippen LogP contribution >= 0.6 is 34.7 Å². The summed E-state index contributed by atoms with van der Waals surface area (Å²) in [4.78, 5) is 33.1. The Morgan fingerprint density at radius 2 is 1.91 bits per heavy atom. The molecule has 4 heterocycles. The summed E-state index contributed by atoms with van der Waals surface area (Å²) in [5.74, 6) is -1.66. The molecule has 1 aliphatic rings. The van der Waals surface area contributed by atoms with Gasteiger partial charge in [0.2, 0.25) is 5.13 Å². The predicted molar refractivity (Wildman–Crippen MR) is 165 cm³/mol. The van der Waals surface area contributed by atoms with Crippen LogP contribution in [0, 0.1) is 13.8 Å². The zero-order chi connectivity index (χ0) is 30.4. The third-order valence-corrected chi connectivity index (χ3v) is 9.66. The van der Waals surface area contributed by atoms with E-state index in [-0.39, 0.29) is 27.9 Å². The molecule has 3 aromatic heterocycles. The number of carbonyl (C=O) groups is 2. The summed E-state index contributed by atoms with van der Waals surface area (Å²) in [6.07, 6.45) is 1.81. The minimum Gasteiger partial charge on any atom is -0.505 e. The lowest BCUT2D eigenvalue weighted by atomic mass is 9.96. The first kappa shape index (κ1) is 28.7. The SMILES string of the molecule is COc1cc(C2/C(=C(\O)c3nc4c(C)cccn4c3C)C(=O)C(=O)N2c2nnc(SCc3ccccc3Cl)s2)ccc1O. The molecule has 0 bridgehead atoms. The van der Waals surface area contributed by atoms with Gasteiger partial charge in [-0.05, 0) is 54.8 Å². The summed E-state index contributed by atoms with van der Waals surface area (Å²) in [7, 11) is 1.39. The molecule has 1 atom stereocenters. The Hall–Kier alpha value is -4.39. The molecule has 0 saturated carbocycles. The Kier molecular flexibility index (Phi) is 7.59. The number of hydrogen-bond acceptors (Lipinski definition) is 10. The number of aryl methyl sites for hydroxylation is 2. The van der Waals surface area contributed by atoms with Crippen molar-refractivity contribution < 1.29 is 24.5 Å². The number of fused-ring (bicyclic) bond motifs is 1. The van der Waals surface area contributed by atoms with Crippen molar-refractivity contribution in [3.05, 3.63) is 99.5 Å². The fourth-order valence-electron chi connectivity index (χ4n) is 5.00. The van der Waals surface area contributed by atoms with Gasteiger partial charge in [0.05, 0.1) is 24.4 Å². The number of methoxy groups -OCH3 is 1. The summed E-state index contributed by atoms with van der Waals surface area (Å²) in [5, 5.41) is 31.2. The summed E-state index contributed by atoms with van der Waals surface area (Å²) >= 11 is 8.83. The number of nitrogens with zero attached hydrogens (tertiary/aromatic N) is 5. The third-order valence-electron chi connectivity index (χ3n) is 7.18. The van der Waals surface area contributed by atoms with Crippen molar-refractivity contribution in [2.45, 2.75) is 30.0 Å². The molecule has 1 unspecified atom stereocenters. The van der Waals surface area contributed by atoms with E-state index in [1.807, 2.05) is 47.9 Å². The van der Waals surface area contributed by atoms with Gasteiger partial charge in [-0.1, -0.05) is 65.0 Å². The molecular weight excluding hydrogens is 610 g/mol. The van der Waals surface area contributed by atoms with Gasteiger partial charge < -0.3 is 19.4 Å². The number of carbonyl (C=O) groups excluding carboxylic acids is 2.